The molecule has 2 aromatic carbocycles. The first-order chi connectivity index (χ1) is 17.5. The van der Waals surface area contributed by atoms with Crippen molar-refractivity contribution in [3.8, 4) is 0 Å². The molecule has 0 N–H and O–H groups in total. The van der Waals surface area contributed by atoms with Crippen molar-refractivity contribution in [3.05, 3.63) is 93.4 Å². The van der Waals surface area contributed by atoms with E-state index in [1.807, 2.05) is 0 Å². The average molecular weight is 485 g/mol. The number of rotatable bonds is 6. The minimum Gasteiger partial charge on any atom is -0.489 e. The number of hydrogen-bond donors (Lipinski definition) is 0. The Kier molecular flexibility index (Phi) is 6.44. The maximum atomic E-state index is 13.8. The third-order valence-electron chi connectivity index (χ3n) is 7.31. The van der Waals surface area contributed by atoms with Crippen LogP contribution in [0.3, 0.4) is 0 Å². The van der Waals surface area contributed by atoms with Crippen LogP contribution in [-0.2, 0) is 9.47 Å². The highest BCUT2D eigenvalue weighted by Crippen LogP contribution is 2.46. The van der Waals surface area contributed by atoms with Crippen molar-refractivity contribution in [1.29, 1.82) is 0 Å². The zero-order valence-corrected chi connectivity index (χ0v) is 20.5. The van der Waals surface area contributed by atoms with Crippen molar-refractivity contribution in [2.45, 2.75) is 39.5 Å². The number of carbonyl (C=O) groups excluding carboxylic acids is 4. The van der Waals surface area contributed by atoms with E-state index in [1.54, 1.807) is 62.4 Å². The Morgan fingerprint density at radius 2 is 0.917 bits per heavy atom. The van der Waals surface area contributed by atoms with Gasteiger partial charge in [-0.05, 0) is 38.5 Å². The van der Waals surface area contributed by atoms with Gasteiger partial charge in [0.1, 0.15) is 0 Å². The molecule has 184 valence electrons. The summed E-state index contributed by atoms with van der Waals surface area (Å²) in [5, 5.41) is 0. The van der Waals surface area contributed by atoms with Crippen molar-refractivity contribution >= 4 is 23.1 Å². The summed E-state index contributed by atoms with van der Waals surface area (Å²) in [6, 6.07) is 13.5. The summed E-state index contributed by atoms with van der Waals surface area (Å²) in [5.74, 6) is -1.91. The highest BCUT2D eigenvalue weighted by molar-refractivity contribution is 6.28. The number of carbonyl (C=O) groups is 4. The Balaban J connectivity index is 1.69. The number of benzene rings is 2. The lowest BCUT2D eigenvalue weighted by Crippen LogP contribution is -2.37. The van der Waals surface area contributed by atoms with Gasteiger partial charge < -0.3 is 9.47 Å². The second-order valence-electron chi connectivity index (χ2n) is 9.26. The highest BCUT2D eigenvalue weighted by Gasteiger charge is 2.46. The van der Waals surface area contributed by atoms with E-state index < -0.39 is 11.8 Å². The average Bonchev–Trinajstić information content (AvgIpc) is 2.91. The smallest absolute Gasteiger partial charge is 0.228 e. The van der Waals surface area contributed by atoms with Crippen molar-refractivity contribution < 1.29 is 28.7 Å². The topological polar surface area (TPSA) is 86.7 Å². The highest BCUT2D eigenvalue weighted by atomic mass is 16.5. The Bertz CT molecular complexity index is 1240. The molecule has 0 bridgehead atoms. The fourth-order valence-corrected chi connectivity index (χ4v) is 5.81. The molecule has 2 atom stereocenters. The molecule has 3 aliphatic rings. The summed E-state index contributed by atoms with van der Waals surface area (Å²) in [5.41, 5.74) is 1.98. The zero-order valence-electron chi connectivity index (χ0n) is 20.5. The Labute approximate surface area is 210 Å². The van der Waals surface area contributed by atoms with Crippen LogP contribution in [0.4, 0.5) is 0 Å². The minimum absolute atomic E-state index is 0.0617. The van der Waals surface area contributed by atoms with Gasteiger partial charge in [0, 0.05) is 33.4 Å². The second kappa shape index (κ2) is 9.69. The van der Waals surface area contributed by atoms with Gasteiger partial charge in [0.15, 0.2) is 23.1 Å². The molecule has 5 rings (SSSR count). The molecule has 1 fully saturated rings. The van der Waals surface area contributed by atoms with Gasteiger partial charge in [0.25, 0.3) is 0 Å². The molecule has 0 spiro atoms. The largest absolute Gasteiger partial charge is 0.489 e. The van der Waals surface area contributed by atoms with Gasteiger partial charge in [-0.1, -0.05) is 61.4 Å². The lowest BCUT2D eigenvalue weighted by molar-refractivity contribution is 0.0832. The minimum atomic E-state index is -0.447. The van der Waals surface area contributed by atoms with Crippen LogP contribution in [0.5, 0.6) is 0 Å². The van der Waals surface area contributed by atoms with Crippen molar-refractivity contribution in [2.75, 3.05) is 13.2 Å². The molecule has 36 heavy (non-hydrogen) atoms. The summed E-state index contributed by atoms with van der Waals surface area (Å²) >= 11 is 0. The van der Waals surface area contributed by atoms with Gasteiger partial charge in [-0.3, -0.25) is 19.2 Å². The van der Waals surface area contributed by atoms with Crippen LogP contribution in [0.15, 0.2) is 71.2 Å². The van der Waals surface area contributed by atoms with Gasteiger partial charge in [-0.25, -0.2) is 0 Å². The first-order valence-corrected chi connectivity index (χ1v) is 12.6. The number of hydrogen-bond acceptors (Lipinski definition) is 6. The lowest BCUT2D eigenvalue weighted by Gasteiger charge is -2.37. The number of fused-ring (bicyclic) bond motifs is 2. The SMILES string of the molecule is CCOC1=C(C2CCCCC2C2=C(OCC)C(=O)c3ccccc3C2=O)C(=O)c2ccccc2C1=O. The van der Waals surface area contributed by atoms with E-state index in [2.05, 4.69) is 0 Å². The number of ketones is 4. The van der Waals surface area contributed by atoms with E-state index in [1.165, 1.54) is 0 Å². The Morgan fingerprint density at radius 3 is 1.25 bits per heavy atom. The number of allylic oxidation sites excluding steroid dienone is 4. The summed E-state index contributed by atoms with van der Waals surface area (Å²) in [4.78, 5) is 54.6. The molecule has 0 aliphatic heterocycles. The summed E-state index contributed by atoms with van der Waals surface area (Å²) < 4.78 is 11.6. The quantitative estimate of drug-likeness (QED) is 0.536. The van der Waals surface area contributed by atoms with Crippen molar-refractivity contribution in [1.82, 2.24) is 0 Å². The molecule has 6 heteroatoms. The van der Waals surface area contributed by atoms with Gasteiger partial charge in [0.2, 0.25) is 11.6 Å². The molecule has 3 aliphatic carbocycles. The fourth-order valence-electron chi connectivity index (χ4n) is 5.81. The van der Waals surface area contributed by atoms with Crippen LogP contribution < -0.4 is 0 Å². The lowest BCUT2D eigenvalue weighted by atomic mass is 9.66. The molecule has 0 aromatic heterocycles. The van der Waals surface area contributed by atoms with E-state index in [4.69, 9.17) is 9.47 Å². The van der Waals surface area contributed by atoms with Crippen LogP contribution in [0.25, 0.3) is 0 Å². The van der Waals surface area contributed by atoms with Crippen molar-refractivity contribution in [3.63, 3.8) is 0 Å². The van der Waals surface area contributed by atoms with Crippen LogP contribution >= 0.6 is 0 Å². The van der Waals surface area contributed by atoms with Gasteiger partial charge >= 0.3 is 0 Å². The van der Waals surface area contributed by atoms with Crippen LogP contribution in [-0.4, -0.2) is 36.3 Å². The molecule has 0 saturated heterocycles. The standard InChI is InChI=1S/C30H28O6/c1-3-35-29-23(25(31)19-13-7-9-15-21(19)27(29)33)17-11-5-6-12-18(17)24-26(32)20-14-8-10-16-22(20)28(34)30(24)36-4-2/h7-10,13-18H,3-6,11-12H2,1-2H3. The first kappa shape index (κ1) is 23.9. The van der Waals surface area contributed by atoms with E-state index >= 15 is 0 Å². The normalized spacial score (nSPS) is 21.9. The van der Waals surface area contributed by atoms with Gasteiger partial charge in [0.05, 0.1) is 13.2 Å². The monoisotopic (exact) mass is 484 g/mol. The van der Waals surface area contributed by atoms with E-state index in [0.29, 0.717) is 46.2 Å². The third kappa shape index (κ3) is 3.72. The number of Topliss-reactive ketones (excluding diaryl/α,β-unsaturated/α-hetero) is 4. The molecular formula is C30H28O6. The molecule has 6 nitrogen and oxygen atoms in total. The molecule has 0 heterocycles. The third-order valence-corrected chi connectivity index (χ3v) is 7.31. The summed E-state index contributed by atoms with van der Waals surface area (Å²) in [6.45, 7) is 4.01. The molecule has 0 radical (unpaired) electrons. The Hall–Kier alpha value is -3.80. The van der Waals surface area contributed by atoms with Crippen LogP contribution in [0, 0.1) is 11.8 Å². The summed E-state index contributed by atoms with van der Waals surface area (Å²) in [6.07, 6.45) is 2.87. The predicted molar refractivity (Wildman–Crippen MR) is 133 cm³/mol. The Morgan fingerprint density at radius 1 is 0.583 bits per heavy atom. The predicted octanol–water partition coefficient (Wildman–Crippen LogP) is 5.53. The maximum Gasteiger partial charge on any atom is 0.228 e. The summed E-state index contributed by atoms with van der Waals surface area (Å²) in [7, 11) is 0. The molecule has 0 amide bonds. The first-order valence-electron chi connectivity index (χ1n) is 12.6. The van der Waals surface area contributed by atoms with E-state index in [0.717, 1.165) is 12.8 Å². The van der Waals surface area contributed by atoms with E-state index in [9.17, 15) is 19.2 Å². The number of ether oxygens (including phenoxy) is 2. The molecular weight excluding hydrogens is 456 g/mol. The van der Waals surface area contributed by atoms with Gasteiger partial charge in [-0.2, -0.15) is 0 Å². The molecule has 2 aromatic rings. The van der Waals surface area contributed by atoms with E-state index in [-0.39, 0.29) is 47.9 Å². The maximum absolute atomic E-state index is 13.8. The van der Waals surface area contributed by atoms with Gasteiger partial charge in [-0.15, -0.1) is 0 Å². The van der Waals surface area contributed by atoms with Crippen molar-refractivity contribution in [2.24, 2.45) is 11.8 Å². The van der Waals surface area contributed by atoms with Crippen LogP contribution in [0.1, 0.15) is 81.0 Å². The fraction of sp³-hybridized carbons (Fsp3) is 0.333. The molecule has 1 saturated carbocycles. The second-order valence-corrected chi connectivity index (χ2v) is 9.26. The zero-order chi connectivity index (χ0) is 25.4. The van der Waals surface area contributed by atoms with Crippen LogP contribution in [0.2, 0.25) is 0 Å². The molecule has 2 unspecified atom stereocenters.